The van der Waals surface area contributed by atoms with Gasteiger partial charge in [-0.1, -0.05) is 0 Å². The first-order valence-corrected chi connectivity index (χ1v) is 13.9. The van der Waals surface area contributed by atoms with E-state index in [2.05, 4.69) is 30.2 Å². The zero-order valence-electron chi connectivity index (χ0n) is 19.9. The topological polar surface area (TPSA) is 137 Å². The van der Waals surface area contributed by atoms with Gasteiger partial charge in [0.25, 0.3) is 5.91 Å². The molecule has 3 amide bonds. The van der Waals surface area contributed by atoms with Gasteiger partial charge in [-0.2, -0.15) is 0 Å². The summed E-state index contributed by atoms with van der Waals surface area (Å²) in [6.45, 7) is 7.28. The van der Waals surface area contributed by atoms with Crippen LogP contribution in [0.1, 0.15) is 37.3 Å². The molecule has 2 aromatic rings. The van der Waals surface area contributed by atoms with Crippen molar-refractivity contribution < 1.29 is 18.0 Å². The van der Waals surface area contributed by atoms with Crippen molar-refractivity contribution in [2.45, 2.75) is 42.9 Å². The van der Waals surface area contributed by atoms with Gasteiger partial charge in [-0.05, 0) is 58.0 Å². The smallest absolute Gasteiger partial charge is 0.325 e. The van der Waals surface area contributed by atoms with Crippen LogP contribution in [0.2, 0.25) is 0 Å². The molecule has 190 valence electrons. The molecule has 2 fully saturated rings. The standard InChI is InChI=1S/C22H31N7O4S2/c1-22(2)19(30)27-21(31)29(22)14-9-24-20-23-8-7-16(26-20)15-17-5-6-18(34-17)35(32,33)25-10-13-28-11-3-4-12-28/h5-8,25H,3-4,9-15H2,1-2H3,(H,23,24,26)(H,27,30,31). The number of imide groups is 1. The Balaban J connectivity index is 1.29. The van der Waals surface area contributed by atoms with E-state index in [1.54, 1.807) is 38.2 Å². The molecule has 0 radical (unpaired) electrons. The van der Waals surface area contributed by atoms with E-state index in [1.807, 2.05) is 0 Å². The van der Waals surface area contributed by atoms with Gasteiger partial charge < -0.3 is 15.1 Å². The molecule has 2 aliphatic rings. The second-order valence-electron chi connectivity index (χ2n) is 9.11. The molecule has 11 nitrogen and oxygen atoms in total. The number of amides is 3. The van der Waals surface area contributed by atoms with Crippen LogP contribution in [0.15, 0.2) is 28.6 Å². The molecule has 2 aliphatic heterocycles. The summed E-state index contributed by atoms with van der Waals surface area (Å²) in [5, 5.41) is 5.40. The van der Waals surface area contributed by atoms with Gasteiger partial charge in [-0.15, -0.1) is 11.3 Å². The molecular weight excluding hydrogens is 490 g/mol. The van der Waals surface area contributed by atoms with E-state index in [1.165, 1.54) is 29.1 Å². The maximum absolute atomic E-state index is 12.6. The minimum atomic E-state index is -3.53. The Morgan fingerprint density at radius 1 is 1.11 bits per heavy atom. The van der Waals surface area contributed by atoms with E-state index in [0.29, 0.717) is 36.2 Å². The van der Waals surface area contributed by atoms with Gasteiger partial charge in [-0.25, -0.2) is 27.9 Å². The lowest BCUT2D eigenvalue weighted by Gasteiger charge is -2.27. The van der Waals surface area contributed by atoms with Gasteiger partial charge in [0.05, 0.1) is 5.69 Å². The lowest BCUT2D eigenvalue weighted by Crippen LogP contribution is -2.46. The van der Waals surface area contributed by atoms with Crippen LogP contribution in [0.25, 0.3) is 0 Å². The van der Waals surface area contributed by atoms with Gasteiger partial charge in [0.15, 0.2) is 0 Å². The van der Waals surface area contributed by atoms with Crippen molar-refractivity contribution in [2.24, 2.45) is 0 Å². The van der Waals surface area contributed by atoms with E-state index >= 15 is 0 Å². The fourth-order valence-corrected chi connectivity index (χ4v) is 6.56. The number of nitrogens with one attached hydrogen (secondary N) is 3. The number of urea groups is 1. The van der Waals surface area contributed by atoms with Crippen LogP contribution >= 0.6 is 11.3 Å². The van der Waals surface area contributed by atoms with E-state index in [-0.39, 0.29) is 5.91 Å². The summed E-state index contributed by atoms with van der Waals surface area (Å²) in [4.78, 5) is 37.2. The molecule has 35 heavy (non-hydrogen) atoms. The zero-order valence-corrected chi connectivity index (χ0v) is 21.5. The number of thiophene rings is 1. The van der Waals surface area contributed by atoms with Crippen molar-refractivity contribution >= 4 is 39.2 Å². The Labute approximate surface area is 209 Å². The third-order valence-electron chi connectivity index (χ3n) is 6.20. The fourth-order valence-electron chi connectivity index (χ4n) is 4.13. The van der Waals surface area contributed by atoms with Crippen LogP contribution in [0.3, 0.4) is 0 Å². The molecule has 2 aromatic heterocycles. The summed E-state index contributed by atoms with van der Waals surface area (Å²) in [6.07, 6.45) is 4.46. The van der Waals surface area contributed by atoms with Gasteiger partial charge >= 0.3 is 6.03 Å². The number of likely N-dealkylation sites (tertiary alicyclic amines) is 1. The van der Waals surface area contributed by atoms with E-state index < -0.39 is 21.6 Å². The molecule has 0 aliphatic carbocycles. The molecule has 0 aromatic carbocycles. The average molecular weight is 522 g/mol. The predicted octanol–water partition coefficient (Wildman–Crippen LogP) is 1.25. The quantitative estimate of drug-likeness (QED) is 0.376. The molecule has 4 heterocycles. The minimum absolute atomic E-state index is 0.294. The first-order valence-electron chi connectivity index (χ1n) is 11.6. The van der Waals surface area contributed by atoms with Crippen LogP contribution < -0.4 is 15.4 Å². The first kappa shape index (κ1) is 25.5. The highest BCUT2D eigenvalue weighted by atomic mass is 32.2. The Hall–Kier alpha value is -2.61. The van der Waals surface area contributed by atoms with E-state index in [4.69, 9.17) is 0 Å². The monoisotopic (exact) mass is 521 g/mol. The van der Waals surface area contributed by atoms with Crippen LogP contribution in [-0.2, 0) is 21.2 Å². The second kappa shape index (κ2) is 10.6. The fraction of sp³-hybridized carbons (Fsp3) is 0.545. The van der Waals surface area contributed by atoms with Crippen molar-refractivity contribution in [2.75, 3.05) is 44.6 Å². The SMILES string of the molecule is CC1(C)C(=O)NC(=O)N1CCNc1nccc(Cc2ccc(S(=O)(=O)NCCN3CCCC3)s2)n1. The highest BCUT2D eigenvalue weighted by Crippen LogP contribution is 2.24. The summed E-state index contributed by atoms with van der Waals surface area (Å²) >= 11 is 1.23. The van der Waals surface area contributed by atoms with Crippen molar-refractivity contribution in [3.05, 3.63) is 35.0 Å². The largest absolute Gasteiger partial charge is 0.352 e. The normalized spacial score (nSPS) is 18.3. The third kappa shape index (κ3) is 6.15. The number of hydrogen-bond acceptors (Lipinski definition) is 9. The summed E-state index contributed by atoms with van der Waals surface area (Å²) in [5.41, 5.74) is -0.161. The number of carbonyl (C=O) groups is 2. The Kier molecular flexibility index (Phi) is 7.69. The zero-order chi connectivity index (χ0) is 25.1. The molecule has 4 rings (SSSR count). The molecule has 3 N–H and O–H groups in total. The molecule has 0 bridgehead atoms. The van der Waals surface area contributed by atoms with Crippen LogP contribution in [0.4, 0.5) is 10.7 Å². The van der Waals surface area contributed by atoms with Crippen LogP contribution in [0.5, 0.6) is 0 Å². The van der Waals surface area contributed by atoms with E-state index in [9.17, 15) is 18.0 Å². The Morgan fingerprint density at radius 2 is 1.89 bits per heavy atom. The highest BCUT2D eigenvalue weighted by Gasteiger charge is 2.45. The predicted molar refractivity (Wildman–Crippen MR) is 133 cm³/mol. The number of sulfonamides is 1. The highest BCUT2D eigenvalue weighted by molar-refractivity contribution is 7.91. The summed E-state index contributed by atoms with van der Waals surface area (Å²) in [6, 6.07) is 4.80. The number of rotatable bonds is 11. The van der Waals surface area contributed by atoms with Crippen molar-refractivity contribution in [3.8, 4) is 0 Å². The molecule has 0 unspecified atom stereocenters. The second-order valence-corrected chi connectivity index (χ2v) is 12.3. The lowest BCUT2D eigenvalue weighted by molar-refractivity contribution is -0.125. The number of carbonyl (C=O) groups excluding carboxylic acids is 2. The van der Waals surface area contributed by atoms with Crippen LogP contribution in [0, 0.1) is 0 Å². The number of nitrogens with zero attached hydrogens (tertiary/aromatic N) is 4. The van der Waals surface area contributed by atoms with Gasteiger partial charge in [0.2, 0.25) is 16.0 Å². The summed E-state index contributed by atoms with van der Waals surface area (Å²) < 4.78 is 28.3. The Bertz CT molecular complexity index is 1180. The third-order valence-corrected chi connectivity index (χ3v) is 9.24. The van der Waals surface area contributed by atoms with E-state index in [0.717, 1.165) is 30.2 Å². The summed E-state index contributed by atoms with van der Waals surface area (Å²) in [7, 11) is -3.53. The maximum Gasteiger partial charge on any atom is 0.325 e. The average Bonchev–Trinajstić information content (AvgIpc) is 3.52. The van der Waals surface area contributed by atoms with Gasteiger partial charge in [0.1, 0.15) is 9.75 Å². The number of hydrogen-bond donors (Lipinski definition) is 3. The lowest BCUT2D eigenvalue weighted by atomic mass is 10.0. The van der Waals surface area contributed by atoms with Crippen molar-refractivity contribution in [1.82, 2.24) is 29.8 Å². The first-order chi connectivity index (χ1) is 16.6. The molecule has 0 spiro atoms. The summed E-state index contributed by atoms with van der Waals surface area (Å²) in [5.74, 6) is 0.0825. The number of anilines is 1. The molecule has 0 atom stereocenters. The van der Waals surface area contributed by atoms with Crippen molar-refractivity contribution in [3.63, 3.8) is 0 Å². The minimum Gasteiger partial charge on any atom is -0.352 e. The van der Waals surface area contributed by atoms with Gasteiger partial charge in [-0.3, -0.25) is 10.1 Å². The molecule has 13 heteroatoms. The number of aromatic nitrogens is 2. The van der Waals surface area contributed by atoms with Crippen LogP contribution in [-0.4, -0.2) is 84.9 Å². The Morgan fingerprint density at radius 3 is 2.60 bits per heavy atom. The van der Waals surface area contributed by atoms with Gasteiger partial charge in [0, 0.05) is 43.7 Å². The molecule has 2 saturated heterocycles. The maximum atomic E-state index is 12.6. The van der Waals surface area contributed by atoms with Crippen molar-refractivity contribution in [1.29, 1.82) is 0 Å². The molecular formula is C22H31N7O4S2. The molecule has 0 saturated carbocycles.